The minimum Gasteiger partial charge on any atom is -0.449 e. The third-order valence-electron chi connectivity index (χ3n) is 11.8. The van der Waals surface area contributed by atoms with E-state index in [4.69, 9.17) is 9.47 Å². The Morgan fingerprint density at radius 3 is 1.75 bits per heavy atom. The third kappa shape index (κ3) is 8.27. The minimum atomic E-state index is -0.953. The topological polar surface area (TPSA) is 130 Å². The summed E-state index contributed by atoms with van der Waals surface area (Å²) in [5, 5.41) is 6.63. The molecule has 1 aromatic heterocycles. The number of nitrogens with one attached hydrogen (secondary N) is 3. The van der Waals surface area contributed by atoms with Crippen LogP contribution in [0.3, 0.4) is 0 Å². The number of aromatic nitrogens is 1. The van der Waals surface area contributed by atoms with Gasteiger partial charge in [-0.05, 0) is 109 Å². The number of fused-ring (bicyclic) bond motifs is 7. The molecule has 8 rings (SSSR count). The molecule has 2 aliphatic carbocycles. The van der Waals surface area contributed by atoms with Crippen LogP contribution in [0.15, 0.2) is 126 Å². The Hall–Kier alpha value is -6.68. The molecular weight excluding hydrogens is 753 g/mol. The predicted octanol–water partition coefficient (Wildman–Crippen LogP) is 9.90. The number of aryl methyl sites for hydroxylation is 1. The monoisotopic (exact) mass is 802 g/mol. The number of H-pyrrole nitrogens is 1. The zero-order valence-electron chi connectivity index (χ0n) is 34.4. The number of aromatic amines is 1. The molecule has 0 fully saturated rings. The van der Waals surface area contributed by atoms with Gasteiger partial charge in [0.2, 0.25) is 11.5 Å². The lowest BCUT2D eigenvalue weighted by atomic mass is 9.98. The van der Waals surface area contributed by atoms with Gasteiger partial charge in [0, 0.05) is 41.1 Å². The number of ether oxygens (including phenoxy) is 2. The maximum absolute atomic E-state index is 13.9. The van der Waals surface area contributed by atoms with Crippen LogP contribution in [0.1, 0.15) is 79.7 Å². The van der Waals surface area contributed by atoms with Crippen molar-refractivity contribution in [2.24, 2.45) is 0 Å². The van der Waals surface area contributed by atoms with Gasteiger partial charge < -0.3 is 30.0 Å². The van der Waals surface area contributed by atoms with E-state index in [1.807, 2.05) is 82.3 Å². The maximum atomic E-state index is 13.9. The number of nitrogens with zero attached hydrogens (tertiary/aromatic N) is 1. The molecule has 1 heterocycles. The Kier molecular flexibility index (Phi) is 11.3. The lowest BCUT2D eigenvalue weighted by Crippen LogP contribution is -2.47. The van der Waals surface area contributed by atoms with Crippen LogP contribution in [0, 0.1) is 6.92 Å². The Morgan fingerprint density at radius 1 is 0.700 bits per heavy atom. The van der Waals surface area contributed by atoms with Gasteiger partial charge in [0.25, 0.3) is 0 Å². The van der Waals surface area contributed by atoms with Crippen molar-refractivity contribution in [2.75, 3.05) is 25.1 Å². The van der Waals surface area contributed by atoms with Gasteiger partial charge >= 0.3 is 12.2 Å². The first-order valence-electron chi connectivity index (χ1n) is 20.6. The molecule has 10 nitrogen and oxygen atoms in total. The second kappa shape index (κ2) is 16.9. The van der Waals surface area contributed by atoms with Crippen molar-refractivity contribution in [1.82, 2.24) is 15.2 Å². The highest BCUT2D eigenvalue weighted by Gasteiger charge is 2.33. The zero-order chi connectivity index (χ0) is 42.0. The summed E-state index contributed by atoms with van der Waals surface area (Å²) in [7, 11) is 0. The number of unbranched alkanes of at least 4 members (excludes halogenated alkanes) is 1. The van der Waals surface area contributed by atoms with E-state index in [2.05, 4.69) is 64.1 Å². The molecule has 0 saturated carbocycles. The Labute approximate surface area is 349 Å². The fourth-order valence-corrected chi connectivity index (χ4v) is 8.78. The molecule has 0 saturated heterocycles. The van der Waals surface area contributed by atoms with Crippen LogP contribution in [0.5, 0.6) is 0 Å². The fraction of sp³-hybridized carbons (Fsp3) is 0.280. The van der Waals surface area contributed by atoms with Gasteiger partial charge in [-0.3, -0.25) is 9.59 Å². The largest absolute Gasteiger partial charge is 0.449 e. The van der Waals surface area contributed by atoms with Crippen LogP contribution in [-0.2, 0) is 14.3 Å². The molecule has 306 valence electrons. The predicted molar refractivity (Wildman–Crippen MR) is 235 cm³/mol. The molecule has 0 radical (unpaired) electrons. The molecule has 0 bridgehead atoms. The molecule has 10 heteroatoms. The number of carbonyl (C=O) groups excluding carboxylic acids is 3. The SMILES string of the molecule is Cc1cc(=O)[nH]c2cc(NC(=O)C(CCCCN(C(=O)OCC3c4ccccc4-c4ccccc43)C(C)(C)C)NC(=O)OCC3c4ccccc4-c4ccccc43)ccc12. The molecule has 0 spiro atoms. The van der Waals surface area contributed by atoms with Crippen molar-refractivity contribution in [3.63, 3.8) is 0 Å². The van der Waals surface area contributed by atoms with E-state index in [9.17, 15) is 19.2 Å². The summed E-state index contributed by atoms with van der Waals surface area (Å²) in [5.74, 6) is -0.625. The average Bonchev–Trinajstić information content (AvgIpc) is 3.73. The Balaban J connectivity index is 0.933. The number of anilines is 1. The van der Waals surface area contributed by atoms with E-state index in [0.29, 0.717) is 30.6 Å². The highest BCUT2D eigenvalue weighted by Crippen LogP contribution is 2.46. The molecule has 3 N–H and O–H groups in total. The van der Waals surface area contributed by atoms with Crippen LogP contribution in [-0.4, -0.2) is 59.3 Å². The van der Waals surface area contributed by atoms with Crippen molar-refractivity contribution >= 4 is 34.7 Å². The molecule has 6 aromatic rings. The highest BCUT2D eigenvalue weighted by molar-refractivity contribution is 5.98. The van der Waals surface area contributed by atoms with Crippen LogP contribution in [0.4, 0.5) is 15.3 Å². The van der Waals surface area contributed by atoms with Crippen LogP contribution >= 0.6 is 0 Å². The Morgan fingerprint density at radius 2 is 1.22 bits per heavy atom. The smallest absolute Gasteiger partial charge is 0.410 e. The lowest BCUT2D eigenvalue weighted by molar-refractivity contribution is -0.118. The number of benzene rings is 5. The molecule has 2 aliphatic rings. The number of pyridine rings is 1. The summed E-state index contributed by atoms with van der Waals surface area (Å²) in [4.78, 5) is 58.0. The molecular formula is C50H50N4O6. The van der Waals surface area contributed by atoms with Crippen LogP contribution in [0.2, 0.25) is 0 Å². The number of amides is 3. The van der Waals surface area contributed by atoms with Gasteiger partial charge in [-0.2, -0.15) is 0 Å². The molecule has 1 atom stereocenters. The van der Waals surface area contributed by atoms with E-state index in [1.54, 1.807) is 17.0 Å². The second-order valence-corrected chi connectivity index (χ2v) is 16.7. The van der Waals surface area contributed by atoms with Crippen molar-refractivity contribution < 1.29 is 23.9 Å². The van der Waals surface area contributed by atoms with E-state index in [-0.39, 0.29) is 37.0 Å². The van der Waals surface area contributed by atoms with Gasteiger partial charge in [0.05, 0.1) is 5.52 Å². The summed E-state index contributed by atoms with van der Waals surface area (Å²) in [6.45, 7) is 8.49. The maximum Gasteiger partial charge on any atom is 0.410 e. The summed E-state index contributed by atoms with van der Waals surface area (Å²) >= 11 is 0. The number of hydrogen-bond donors (Lipinski definition) is 3. The van der Waals surface area contributed by atoms with Gasteiger partial charge in [-0.15, -0.1) is 0 Å². The molecule has 60 heavy (non-hydrogen) atoms. The summed E-state index contributed by atoms with van der Waals surface area (Å²) in [6.07, 6.45) is 0.233. The Bertz CT molecular complexity index is 2550. The van der Waals surface area contributed by atoms with Crippen molar-refractivity contribution in [3.05, 3.63) is 159 Å². The second-order valence-electron chi connectivity index (χ2n) is 16.7. The highest BCUT2D eigenvalue weighted by atomic mass is 16.6. The van der Waals surface area contributed by atoms with E-state index < -0.39 is 29.7 Å². The quantitative estimate of drug-likeness (QED) is 0.106. The zero-order valence-corrected chi connectivity index (χ0v) is 34.4. The van der Waals surface area contributed by atoms with Crippen molar-refractivity contribution in [1.29, 1.82) is 0 Å². The van der Waals surface area contributed by atoms with Crippen LogP contribution in [0.25, 0.3) is 33.2 Å². The summed E-state index contributed by atoms with van der Waals surface area (Å²) < 4.78 is 11.9. The molecule has 0 aliphatic heterocycles. The number of carbonyl (C=O) groups is 3. The van der Waals surface area contributed by atoms with Gasteiger partial charge in [0.15, 0.2) is 0 Å². The minimum absolute atomic E-state index is 0.0571. The first kappa shape index (κ1) is 40.1. The first-order chi connectivity index (χ1) is 29.0. The number of alkyl carbamates (subject to hydrolysis) is 1. The van der Waals surface area contributed by atoms with Crippen molar-refractivity contribution in [2.45, 2.75) is 70.4 Å². The average molecular weight is 803 g/mol. The van der Waals surface area contributed by atoms with Gasteiger partial charge in [0.1, 0.15) is 19.3 Å². The summed E-state index contributed by atoms with van der Waals surface area (Å²) in [6, 6.07) is 38.6. The fourth-order valence-electron chi connectivity index (χ4n) is 8.78. The molecule has 5 aromatic carbocycles. The molecule has 3 amide bonds. The van der Waals surface area contributed by atoms with Gasteiger partial charge in [-0.1, -0.05) is 103 Å². The van der Waals surface area contributed by atoms with E-state index >= 15 is 0 Å². The normalized spacial score (nSPS) is 13.5. The molecule has 1 unspecified atom stereocenters. The van der Waals surface area contributed by atoms with Crippen molar-refractivity contribution in [3.8, 4) is 22.3 Å². The lowest BCUT2D eigenvalue weighted by Gasteiger charge is -2.35. The standard InChI is InChI=1S/C50H50N4O6/c1-31-27-46(55)52-45-28-32(24-25-33(31)45)51-47(56)44(53-48(57)59-29-42-38-19-9-5-15-34(38)35-16-6-10-20-39(35)42)23-13-14-26-54(50(2,3)4)49(58)60-30-43-40-21-11-7-17-36(40)37-18-8-12-22-41(37)43/h5-12,15-22,24-25,27-28,42-44H,13-14,23,26,29-30H2,1-4H3,(H,51,56)(H,52,55)(H,53,57). The van der Waals surface area contributed by atoms with Gasteiger partial charge in [-0.25, -0.2) is 9.59 Å². The first-order valence-corrected chi connectivity index (χ1v) is 20.6. The number of hydrogen-bond acceptors (Lipinski definition) is 6. The summed E-state index contributed by atoms with van der Waals surface area (Å²) in [5.41, 5.74) is 10.2. The number of rotatable bonds is 12. The third-order valence-corrected chi connectivity index (χ3v) is 11.8. The van der Waals surface area contributed by atoms with Crippen LogP contribution < -0.4 is 16.2 Å². The van der Waals surface area contributed by atoms with E-state index in [1.165, 1.54) is 6.07 Å². The van der Waals surface area contributed by atoms with E-state index in [0.717, 1.165) is 55.5 Å².